The maximum Gasteiger partial charge on any atom is 0.490 e. The summed E-state index contributed by atoms with van der Waals surface area (Å²) in [5.41, 5.74) is 1.13. The average Bonchev–Trinajstić information content (AvgIpc) is 3.20. The number of hydrogen-bond donors (Lipinski definition) is 2. The van der Waals surface area contributed by atoms with Crippen LogP contribution >= 0.6 is 0 Å². The molecule has 1 atom stereocenters. The van der Waals surface area contributed by atoms with Gasteiger partial charge in [-0.05, 0) is 19.3 Å². The number of hydrogen-bond acceptors (Lipinski definition) is 5. The van der Waals surface area contributed by atoms with E-state index in [0.717, 1.165) is 63.6 Å². The van der Waals surface area contributed by atoms with Crippen molar-refractivity contribution in [3.8, 4) is 0 Å². The second-order valence-corrected chi connectivity index (χ2v) is 7.10. The number of nitrogens with zero attached hydrogens (tertiary/aromatic N) is 3. The molecule has 1 amide bonds. The van der Waals surface area contributed by atoms with Gasteiger partial charge in [-0.2, -0.15) is 13.2 Å². The van der Waals surface area contributed by atoms with Crippen LogP contribution in [-0.2, 0) is 34.0 Å². The second kappa shape index (κ2) is 8.48. The molecule has 1 saturated carbocycles. The van der Waals surface area contributed by atoms with Gasteiger partial charge in [0.15, 0.2) is 0 Å². The van der Waals surface area contributed by atoms with E-state index >= 15 is 0 Å². The zero-order valence-electron chi connectivity index (χ0n) is 15.2. The Morgan fingerprint density at radius 2 is 2.00 bits per heavy atom. The van der Waals surface area contributed by atoms with Crippen molar-refractivity contribution in [3.05, 3.63) is 17.7 Å². The number of carboxylic acids is 1. The smallest absolute Gasteiger partial charge is 0.475 e. The van der Waals surface area contributed by atoms with Gasteiger partial charge in [-0.15, -0.1) is 0 Å². The molecule has 1 saturated heterocycles. The number of carboxylic acid groups (broad SMARTS) is 1. The lowest BCUT2D eigenvalue weighted by Gasteiger charge is -2.32. The summed E-state index contributed by atoms with van der Waals surface area (Å²) in [5, 5.41) is 10.2. The van der Waals surface area contributed by atoms with Gasteiger partial charge in [-0.3, -0.25) is 9.69 Å². The summed E-state index contributed by atoms with van der Waals surface area (Å²) in [7, 11) is 0. The number of carbonyl (C=O) groups is 2. The Labute approximate surface area is 159 Å². The Morgan fingerprint density at radius 3 is 2.57 bits per heavy atom. The van der Waals surface area contributed by atoms with Crippen molar-refractivity contribution in [2.75, 3.05) is 19.8 Å². The topological polar surface area (TPSA) is 96.7 Å². The molecule has 2 fully saturated rings. The first-order chi connectivity index (χ1) is 13.3. The minimum absolute atomic E-state index is 0.200. The van der Waals surface area contributed by atoms with Gasteiger partial charge in [0.05, 0.1) is 31.6 Å². The molecule has 0 radical (unpaired) electrons. The zero-order chi connectivity index (χ0) is 20.3. The predicted molar refractivity (Wildman–Crippen MR) is 90.1 cm³/mol. The van der Waals surface area contributed by atoms with E-state index in [-0.39, 0.29) is 11.8 Å². The highest BCUT2D eigenvalue weighted by Crippen LogP contribution is 2.29. The molecule has 1 unspecified atom stereocenters. The van der Waals surface area contributed by atoms with Gasteiger partial charge in [-0.1, -0.05) is 0 Å². The molecule has 0 spiro atoms. The lowest BCUT2D eigenvalue weighted by atomic mass is 10.2. The molecule has 1 aliphatic carbocycles. The number of amides is 1. The predicted octanol–water partition coefficient (Wildman–Crippen LogP) is 1.15. The number of fused-ring (bicyclic) bond motifs is 1. The van der Waals surface area contributed by atoms with Crippen molar-refractivity contribution in [2.45, 2.75) is 51.1 Å². The van der Waals surface area contributed by atoms with Gasteiger partial charge in [0, 0.05) is 31.7 Å². The van der Waals surface area contributed by atoms with Crippen molar-refractivity contribution in [1.82, 2.24) is 19.8 Å². The number of carbonyl (C=O) groups excluding carboxylic acids is 1. The Balaban J connectivity index is 0.000000279. The summed E-state index contributed by atoms with van der Waals surface area (Å²) in [6, 6.07) is 0.550. The Bertz CT molecular complexity index is 712. The lowest BCUT2D eigenvalue weighted by Crippen LogP contribution is -2.42. The van der Waals surface area contributed by atoms with Crippen LogP contribution in [0, 0.1) is 5.92 Å². The standard InChI is InChI=1S/C15H22N4O2.C2HF3O2/c20-15(11-1-2-11)17-8-13-7-16-14-9-18(4-5-19(13)14)12-3-6-21-10-12;3-2(4,5)1(6)7/h7,11-12H,1-6,8-10H2,(H,17,20);(H,6,7). The highest BCUT2D eigenvalue weighted by atomic mass is 19.4. The van der Waals surface area contributed by atoms with E-state index in [4.69, 9.17) is 14.6 Å². The van der Waals surface area contributed by atoms with Crippen LogP contribution in [0.15, 0.2) is 6.20 Å². The van der Waals surface area contributed by atoms with Crippen LogP contribution in [0.25, 0.3) is 0 Å². The van der Waals surface area contributed by atoms with Crippen molar-refractivity contribution in [2.24, 2.45) is 5.92 Å². The molecule has 1 aromatic heterocycles. The molecule has 156 valence electrons. The zero-order valence-corrected chi connectivity index (χ0v) is 15.2. The third kappa shape index (κ3) is 5.22. The highest BCUT2D eigenvalue weighted by molar-refractivity contribution is 5.80. The second-order valence-electron chi connectivity index (χ2n) is 7.10. The van der Waals surface area contributed by atoms with Crippen molar-refractivity contribution < 1.29 is 32.6 Å². The number of nitrogens with one attached hydrogen (secondary N) is 1. The minimum Gasteiger partial charge on any atom is -0.475 e. The quantitative estimate of drug-likeness (QED) is 0.782. The molecule has 11 heteroatoms. The largest absolute Gasteiger partial charge is 0.490 e. The molecule has 3 heterocycles. The van der Waals surface area contributed by atoms with E-state index in [1.807, 2.05) is 6.20 Å². The maximum absolute atomic E-state index is 11.7. The molecule has 2 N–H and O–H groups in total. The minimum atomic E-state index is -5.08. The number of alkyl halides is 3. The fourth-order valence-corrected chi connectivity index (χ4v) is 3.27. The van der Waals surface area contributed by atoms with Crippen LogP contribution in [0.2, 0.25) is 0 Å². The van der Waals surface area contributed by atoms with E-state index in [9.17, 15) is 18.0 Å². The normalized spacial score (nSPS) is 22.2. The molecule has 0 bridgehead atoms. The molecular formula is C17H23F3N4O4. The van der Waals surface area contributed by atoms with Gasteiger partial charge in [0.25, 0.3) is 0 Å². The van der Waals surface area contributed by atoms with Gasteiger partial charge in [0.1, 0.15) is 5.82 Å². The Morgan fingerprint density at radius 1 is 1.29 bits per heavy atom. The maximum atomic E-state index is 11.7. The van der Waals surface area contributed by atoms with Crippen LogP contribution in [0.3, 0.4) is 0 Å². The van der Waals surface area contributed by atoms with Crippen molar-refractivity contribution in [1.29, 1.82) is 0 Å². The molecule has 28 heavy (non-hydrogen) atoms. The van der Waals surface area contributed by atoms with Gasteiger partial charge < -0.3 is 19.7 Å². The summed E-state index contributed by atoms with van der Waals surface area (Å²) in [5.74, 6) is -1.17. The summed E-state index contributed by atoms with van der Waals surface area (Å²) < 4.78 is 39.5. The number of aliphatic carboxylic acids is 1. The number of ether oxygens (including phenoxy) is 1. The van der Waals surface area contributed by atoms with Crippen molar-refractivity contribution >= 4 is 11.9 Å². The van der Waals surface area contributed by atoms with Crippen LogP contribution in [0.5, 0.6) is 0 Å². The van der Waals surface area contributed by atoms with E-state index in [1.54, 1.807) is 0 Å². The molecule has 3 aliphatic rings. The van der Waals surface area contributed by atoms with Crippen LogP contribution in [0.4, 0.5) is 13.2 Å². The Hall–Kier alpha value is -2.14. The van der Waals surface area contributed by atoms with Gasteiger partial charge in [0.2, 0.25) is 5.91 Å². The van der Waals surface area contributed by atoms with Crippen LogP contribution < -0.4 is 5.32 Å². The lowest BCUT2D eigenvalue weighted by molar-refractivity contribution is -0.192. The van der Waals surface area contributed by atoms with E-state index in [0.29, 0.717) is 12.6 Å². The Kier molecular flexibility index (Phi) is 6.23. The molecule has 8 nitrogen and oxygen atoms in total. The van der Waals surface area contributed by atoms with Crippen molar-refractivity contribution in [3.63, 3.8) is 0 Å². The first-order valence-electron chi connectivity index (χ1n) is 9.18. The molecular weight excluding hydrogens is 381 g/mol. The highest BCUT2D eigenvalue weighted by Gasteiger charge is 2.38. The van der Waals surface area contributed by atoms with E-state index in [2.05, 4.69) is 19.8 Å². The van der Waals surface area contributed by atoms with Crippen LogP contribution in [0.1, 0.15) is 30.8 Å². The monoisotopic (exact) mass is 404 g/mol. The molecule has 1 aromatic rings. The molecule has 2 aliphatic heterocycles. The fourth-order valence-electron chi connectivity index (χ4n) is 3.27. The third-order valence-corrected chi connectivity index (χ3v) is 5.03. The first kappa shape index (κ1) is 20.6. The van der Waals surface area contributed by atoms with Gasteiger partial charge in [-0.25, -0.2) is 9.78 Å². The summed E-state index contributed by atoms with van der Waals surface area (Å²) >= 11 is 0. The van der Waals surface area contributed by atoms with Gasteiger partial charge >= 0.3 is 12.1 Å². The SMILES string of the molecule is O=C(NCc1cnc2n1CCN(C1CCOC1)C2)C1CC1.O=C(O)C(F)(F)F. The van der Waals surface area contributed by atoms with E-state index < -0.39 is 12.1 Å². The number of aromatic nitrogens is 2. The third-order valence-electron chi connectivity index (χ3n) is 5.03. The first-order valence-corrected chi connectivity index (χ1v) is 9.18. The summed E-state index contributed by atoms with van der Waals surface area (Å²) in [4.78, 5) is 27.6. The summed E-state index contributed by atoms with van der Waals surface area (Å²) in [6.45, 7) is 5.24. The number of rotatable bonds is 4. The molecule has 0 aromatic carbocycles. The molecule has 4 rings (SSSR count). The number of imidazole rings is 1. The van der Waals surface area contributed by atoms with Crippen LogP contribution in [-0.4, -0.2) is 63.4 Å². The average molecular weight is 404 g/mol. The fraction of sp³-hybridized carbons (Fsp3) is 0.706. The summed E-state index contributed by atoms with van der Waals surface area (Å²) in [6.07, 6.45) is 0.0612. The van der Waals surface area contributed by atoms with E-state index in [1.165, 1.54) is 0 Å². The number of halogens is 3.